The van der Waals surface area contributed by atoms with Crippen LogP contribution < -0.4 is 10.1 Å². The number of nitrogens with zero attached hydrogens (tertiary/aromatic N) is 3. The fraction of sp³-hybridized carbons (Fsp3) is 0.296. The van der Waals surface area contributed by atoms with Gasteiger partial charge >= 0.3 is 0 Å². The van der Waals surface area contributed by atoms with Crippen molar-refractivity contribution in [2.75, 3.05) is 5.32 Å². The Hall–Kier alpha value is -3.59. The van der Waals surface area contributed by atoms with Crippen LogP contribution >= 0.6 is 0 Å². The van der Waals surface area contributed by atoms with Gasteiger partial charge in [-0.1, -0.05) is 13.0 Å². The lowest BCUT2D eigenvalue weighted by Gasteiger charge is -2.14. The number of hydrogen-bond donors (Lipinski definition) is 1. The molecule has 36 heavy (non-hydrogen) atoms. The second kappa shape index (κ2) is 10.2. The summed E-state index contributed by atoms with van der Waals surface area (Å²) in [6.45, 7) is 4.57. The highest BCUT2D eigenvalue weighted by Gasteiger charge is 2.29. The van der Waals surface area contributed by atoms with Crippen LogP contribution in [0.3, 0.4) is 0 Å². The van der Waals surface area contributed by atoms with E-state index in [4.69, 9.17) is 4.74 Å². The molecular formula is C27H27FN4O3S. The fourth-order valence-electron chi connectivity index (χ4n) is 4.10. The minimum atomic E-state index is -1.07. The van der Waals surface area contributed by atoms with E-state index in [1.807, 2.05) is 18.2 Å². The number of pyridine rings is 1. The Labute approximate surface area is 211 Å². The van der Waals surface area contributed by atoms with E-state index >= 15 is 4.39 Å². The molecule has 0 saturated heterocycles. The van der Waals surface area contributed by atoms with Crippen molar-refractivity contribution in [3.8, 4) is 11.5 Å². The molecule has 0 radical (unpaired) electrons. The van der Waals surface area contributed by atoms with Gasteiger partial charge in [0.1, 0.15) is 5.75 Å². The van der Waals surface area contributed by atoms with Crippen molar-refractivity contribution >= 4 is 33.3 Å². The van der Waals surface area contributed by atoms with Crippen molar-refractivity contribution in [1.29, 1.82) is 0 Å². The molecule has 9 heteroatoms. The van der Waals surface area contributed by atoms with Crippen LogP contribution in [0.2, 0.25) is 0 Å². The number of nitrogens with one attached hydrogen (secondary N) is 1. The molecular weight excluding hydrogens is 479 g/mol. The van der Waals surface area contributed by atoms with Gasteiger partial charge in [0, 0.05) is 34.5 Å². The van der Waals surface area contributed by atoms with Gasteiger partial charge in [0.05, 0.1) is 34.6 Å². The number of anilines is 1. The molecule has 0 aliphatic heterocycles. The van der Waals surface area contributed by atoms with Gasteiger partial charge in [-0.25, -0.2) is 4.39 Å². The van der Waals surface area contributed by atoms with Crippen molar-refractivity contribution in [2.24, 2.45) is 0 Å². The van der Waals surface area contributed by atoms with Crippen LogP contribution in [-0.4, -0.2) is 30.1 Å². The predicted molar refractivity (Wildman–Crippen MR) is 137 cm³/mol. The van der Waals surface area contributed by atoms with Crippen molar-refractivity contribution in [1.82, 2.24) is 14.8 Å². The molecule has 0 bridgehead atoms. The van der Waals surface area contributed by atoms with Gasteiger partial charge in [-0.15, -0.1) is 0 Å². The van der Waals surface area contributed by atoms with E-state index in [9.17, 15) is 9.00 Å². The van der Waals surface area contributed by atoms with E-state index in [0.29, 0.717) is 33.5 Å². The largest absolute Gasteiger partial charge is 0.453 e. The van der Waals surface area contributed by atoms with Gasteiger partial charge in [-0.05, 0) is 67.6 Å². The zero-order chi connectivity index (χ0) is 25.2. The Morgan fingerprint density at radius 1 is 1.25 bits per heavy atom. The van der Waals surface area contributed by atoms with Crippen LogP contribution in [0, 0.1) is 12.7 Å². The summed E-state index contributed by atoms with van der Waals surface area (Å²) >= 11 is 0. The van der Waals surface area contributed by atoms with Crippen molar-refractivity contribution in [3.05, 3.63) is 71.9 Å². The first kappa shape index (κ1) is 24.1. The third-order valence-corrected chi connectivity index (χ3v) is 7.76. The maximum Gasteiger partial charge on any atom is 0.228 e. The maximum absolute atomic E-state index is 15.1. The lowest BCUT2D eigenvalue weighted by Crippen LogP contribution is -2.14. The van der Waals surface area contributed by atoms with Gasteiger partial charge in [0.25, 0.3) is 0 Å². The van der Waals surface area contributed by atoms with Gasteiger partial charge < -0.3 is 10.1 Å². The van der Waals surface area contributed by atoms with Gasteiger partial charge in [-0.2, -0.15) is 5.10 Å². The number of rotatable bonds is 9. The summed E-state index contributed by atoms with van der Waals surface area (Å²) in [5, 5.41) is 7.88. The molecule has 186 valence electrons. The number of ether oxygens (including phenoxy) is 1. The summed E-state index contributed by atoms with van der Waals surface area (Å²) in [6, 6.07) is 10.2. The van der Waals surface area contributed by atoms with Crippen molar-refractivity contribution in [2.45, 2.75) is 56.2 Å². The van der Waals surface area contributed by atoms with Gasteiger partial charge in [-0.3, -0.25) is 18.7 Å². The molecule has 7 nitrogen and oxygen atoms in total. The van der Waals surface area contributed by atoms with Crippen molar-refractivity contribution < 1.29 is 18.1 Å². The summed E-state index contributed by atoms with van der Waals surface area (Å²) in [6.07, 6.45) is 7.88. The number of amides is 1. The van der Waals surface area contributed by atoms with Gasteiger partial charge in [0.15, 0.2) is 11.6 Å². The maximum atomic E-state index is 15.1. The zero-order valence-electron chi connectivity index (χ0n) is 20.2. The first-order chi connectivity index (χ1) is 17.4. The van der Waals surface area contributed by atoms with E-state index in [0.717, 1.165) is 30.7 Å². The van der Waals surface area contributed by atoms with Crippen LogP contribution in [0.1, 0.15) is 37.3 Å². The number of benzene rings is 2. The molecule has 4 aromatic rings. The summed E-state index contributed by atoms with van der Waals surface area (Å²) in [5.74, 6) is -0.293. The lowest BCUT2D eigenvalue weighted by atomic mass is 10.1. The molecule has 1 amide bonds. The monoisotopic (exact) mass is 506 g/mol. The third-order valence-electron chi connectivity index (χ3n) is 5.97. The highest BCUT2D eigenvalue weighted by molar-refractivity contribution is 7.86. The number of carbonyl (C=O) groups excluding carboxylic acids is 1. The molecule has 1 atom stereocenters. The van der Waals surface area contributed by atoms with E-state index in [-0.39, 0.29) is 23.3 Å². The fourth-order valence-corrected chi connectivity index (χ4v) is 5.49. The molecule has 1 N–H and O–H groups in total. The molecule has 2 heterocycles. The van der Waals surface area contributed by atoms with Gasteiger partial charge in [0.2, 0.25) is 5.91 Å². The Balaban J connectivity index is 1.34. The zero-order valence-corrected chi connectivity index (χ0v) is 21.0. The Kier molecular flexibility index (Phi) is 6.82. The molecule has 0 spiro atoms. The highest BCUT2D eigenvalue weighted by Crippen LogP contribution is 2.36. The van der Waals surface area contributed by atoms with Crippen LogP contribution in [0.25, 0.3) is 10.9 Å². The molecule has 1 aliphatic carbocycles. The first-order valence-electron chi connectivity index (χ1n) is 12.0. The number of aromatic nitrogens is 3. The quantitative estimate of drug-likeness (QED) is 0.323. The minimum Gasteiger partial charge on any atom is -0.453 e. The summed E-state index contributed by atoms with van der Waals surface area (Å²) < 4.78 is 35.6. The molecule has 5 rings (SSSR count). The second-order valence-corrected chi connectivity index (χ2v) is 10.8. The normalized spacial score (nSPS) is 14.1. The standard InChI is InChI=1S/C27H27FN4O3S/c1-3-10-32-16-19(15-30-32)31-26(33)13-18-11-17(2)27(23(28)12-18)35-25-8-9-29-24-7-6-21(14-22(24)25)36(34)20-4-5-20/h6-9,11-12,14-16,20H,3-5,10,13H2,1-2H3,(H,31,33). The molecule has 1 unspecified atom stereocenters. The topological polar surface area (TPSA) is 86.1 Å². The van der Waals surface area contributed by atoms with E-state index in [1.165, 1.54) is 6.07 Å². The molecule has 1 aliphatic rings. The number of halogens is 1. The average molecular weight is 507 g/mol. The number of hydrogen-bond acceptors (Lipinski definition) is 5. The molecule has 2 aromatic carbocycles. The second-order valence-electron chi connectivity index (χ2n) is 9.03. The van der Waals surface area contributed by atoms with E-state index in [2.05, 4.69) is 22.3 Å². The molecule has 1 saturated carbocycles. The smallest absolute Gasteiger partial charge is 0.228 e. The summed E-state index contributed by atoms with van der Waals surface area (Å²) in [7, 11) is -1.07. The van der Waals surface area contributed by atoms with Crippen LogP contribution in [0.15, 0.2) is 59.9 Å². The van der Waals surface area contributed by atoms with E-state index in [1.54, 1.807) is 42.3 Å². The van der Waals surface area contributed by atoms with Crippen LogP contribution in [-0.2, 0) is 28.6 Å². The third kappa shape index (κ3) is 5.31. The van der Waals surface area contributed by atoms with Crippen molar-refractivity contribution in [3.63, 3.8) is 0 Å². The number of carbonyl (C=O) groups is 1. The predicted octanol–water partition coefficient (Wildman–Crippen LogP) is 5.53. The molecule has 2 aromatic heterocycles. The summed E-state index contributed by atoms with van der Waals surface area (Å²) in [5.41, 5.74) is 2.39. The van der Waals surface area contributed by atoms with Crippen LogP contribution in [0.5, 0.6) is 11.5 Å². The summed E-state index contributed by atoms with van der Waals surface area (Å²) in [4.78, 5) is 17.6. The van der Waals surface area contributed by atoms with E-state index < -0.39 is 16.6 Å². The molecule has 1 fully saturated rings. The number of aryl methyl sites for hydroxylation is 2. The first-order valence-corrected chi connectivity index (χ1v) is 13.2. The Bertz CT molecular complexity index is 1440. The Morgan fingerprint density at radius 3 is 2.83 bits per heavy atom. The number of fused-ring (bicyclic) bond motifs is 1. The minimum absolute atomic E-state index is 0.0194. The SMILES string of the molecule is CCCn1cc(NC(=O)Cc2cc(C)c(Oc3ccnc4ccc(S(=O)C5CC5)cc34)c(F)c2)cn1. The van der Waals surface area contributed by atoms with Crippen LogP contribution in [0.4, 0.5) is 10.1 Å². The Morgan fingerprint density at radius 2 is 2.08 bits per heavy atom. The lowest BCUT2D eigenvalue weighted by molar-refractivity contribution is -0.115. The average Bonchev–Trinajstić information content (AvgIpc) is 3.61. The highest BCUT2D eigenvalue weighted by atomic mass is 32.2.